The third-order valence-electron chi connectivity index (χ3n) is 2.81. The van der Waals surface area contributed by atoms with E-state index in [2.05, 4.69) is 0 Å². The molecule has 16 heavy (non-hydrogen) atoms. The number of rotatable bonds is 5. The van der Waals surface area contributed by atoms with Crippen LogP contribution >= 0.6 is 0 Å². The zero-order valence-corrected chi connectivity index (χ0v) is 9.57. The summed E-state index contributed by atoms with van der Waals surface area (Å²) >= 11 is 0. The van der Waals surface area contributed by atoms with E-state index < -0.39 is 14.9 Å². The SMILES string of the molecule is O=S(=O)([O-])C1(COCc2ccccc2)CC1. The lowest BCUT2D eigenvalue weighted by molar-refractivity contribution is 0.114. The zero-order chi connectivity index (χ0) is 11.6. The van der Waals surface area contributed by atoms with Gasteiger partial charge in [0.2, 0.25) is 0 Å². The van der Waals surface area contributed by atoms with Crippen molar-refractivity contribution in [3.63, 3.8) is 0 Å². The lowest BCUT2D eigenvalue weighted by atomic mass is 10.2. The summed E-state index contributed by atoms with van der Waals surface area (Å²) in [7, 11) is -4.22. The molecule has 0 aromatic heterocycles. The fourth-order valence-corrected chi connectivity index (χ4v) is 2.36. The van der Waals surface area contributed by atoms with E-state index in [1.54, 1.807) is 0 Å². The first-order valence-corrected chi connectivity index (χ1v) is 6.51. The Morgan fingerprint density at radius 2 is 1.88 bits per heavy atom. The summed E-state index contributed by atoms with van der Waals surface area (Å²) in [5.74, 6) is 0. The molecule has 0 amide bonds. The number of ether oxygens (including phenoxy) is 1. The Hall–Kier alpha value is -0.910. The molecule has 1 fully saturated rings. The van der Waals surface area contributed by atoms with Gasteiger partial charge in [-0.15, -0.1) is 0 Å². The number of hydrogen-bond acceptors (Lipinski definition) is 4. The summed E-state index contributed by atoms with van der Waals surface area (Å²) in [4.78, 5) is 0. The number of hydrogen-bond donors (Lipinski definition) is 0. The first kappa shape index (κ1) is 11.6. The molecule has 0 spiro atoms. The molecule has 1 aliphatic carbocycles. The van der Waals surface area contributed by atoms with Gasteiger partial charge in [0.1, 0.15) is 10.1 Å². The van der Waals surface area contributed by atoms with Crippen molar-refractivity contribution in [1.29, 1.82) is 0 Å². The molecule has 0 saturated heterocycles. The third kappa shape index (κ3) is 2.42. The van der Waals surface area contributed by atoms with Gasteiger partial charge in [0, 0.05) is 0 Å². The van der Waals surface area contributed by atoms with E-state index in [4.69, 9.17) is 4.74 Å². The van der Waals surface area contributed by atoms with Gasteiger partial charge >= 0.3 is 0 Å². The van der Waals surface area contributed by atoms with Gasteiger partial charge in [-0.3, -0.25) is 0 Å². The van der Waals surface area contributed by atoms with E-state index in [0.29, 0.717) is 19.4 Å². The maximum atomic E-state index is 10.9. The summed E-state index contributed by atoms with van der Waals surface area (Å²) in [6.07, 6.45) is 0.848. The van der Waals surface area contributed by atoms with E-state index in [1.165, 1.54) is 0 Å². The fraction of sp³-hybridized carbons (Fsp3) is 0.455. The van der Waals surface area contributed by atoms with Gasteiger partial charge < -0.3 is 9.29 Å². The Balaban J connectivity index is 1.86. The second-order valence-corrected chi connectivity index (χ2v) is 5.89. The monoisotopic (exact) mass is 241 g/mol. The maximum absolute atomic E-state index is 10.9. The second-order valence-electron chi connectivity index (χ2n) is 4.12. The molecule has 4 nitrogen and oxygen atoms in total. The third-order valence-corrected chi connectivity index (χ3v) is 4.40. The molecule has 1 saturated carbocycles. The largest absolute Gasteiger partial charge is 0.747 e. The lowest BCUT2D eigenvalue weighted by Gasteiger charge is -2.19. The molecule has 0 unspecified atom stereocenters. The van der Waals surface area contributed by atoms with Crippen molar-refractivity contribution in [2.45, 2.75) is 24.2 Å². The van der Waals surface area contributed by atoms with Crippen molar-refractivity contribution in [2.75, 3.05) is 6.61 Å². The molecule has 0 radical (unpaired) electrons. The summed E-state index contributed by atoms with van der Waals surface area (Å²) in [5, 5.41) is 0. The molecule has 0 heterocycles. The summed E-state index contributed by atoms with van der Waals surface area (Å²) in [6.45, 7) is 0.353. The van der Waals surface area contributed by atoms with Crippen LogP contribution in [0.5, 0.6) is 0 Å². The topological polar surface area (TPSA) is 66.4 Å². The molecule has 0 aliphatic heterocycles. The molecular formula is C11H13O4S-. The summed E-state index contributed by atoms with van der Waals surface area (Å²) < 4.78 is 36.9. The molecule has 2 rings (SSSR count). The Morgan fingerprint density at radius 1 is 1.25 bits per heavy atom. The van der Waals surface area contributed by atoms with Crippen molar-refractivity contribution >= 4 is 10.1 Å². The minimum Gasteiger partial charge on any atom is -0.747 e. The minimum absolute atomic E-state index is 0.00767. The van der Waals surface area contributed by atoms with E-state index >= 15 is 0 Å². The molecule has 0 atom stereocenters. The van der Waals surface area contributed by atoms with Gasteiger partial charge in [-0.1, -0.05) is 30.3 Å². The summed E-state index contributed by atoms with van der Waals surface area (Å²) in [6, 6.07) is 9.45. The van der Waals surface area contributed by atoms with Crippen LogP contribution in [0.2, 0.25) is 0 Å². The predicted molar refractivity (Wildman–Crippen MR) is 57.8 cm³/mol. The van der Waals surface area contributed by atoms with Crippen LogP contribution in [0, 0.1) is 0 Å². The van der Waals surface area contributed by atoms with Crippen molar-refractivity contribution in [3.05, 3.63) is 35.9 Å². The van der Waals surface area contributed by atoms with Crippen LogP contribution in [0.4, 0.5) is 0 Å². The Bertz CT molecular complexity index is 448. The van der Waals surface area contributed by atoms with Crippen LogP contribution in [-0.2, 0) is 21.5 Å². The van der Waals surface area contributed by atoms with Crippen molar-refractivity contribution in [3.8, 4) is 0 Å². The van der Waals surface area contributed by atoms with Crippen molar-refractivity contribution in [1.82, 2.24) is 0 Å². The maximum Gasteiger partial charge on any atom is 0.103 e. The van der Waals surface area contributed by atoms with Gasteiger partial charge in [-0.25, -0.2) is 8.42 Å². The van der Waals surface area contributed by atoms with Gasteiger partial charge in [-0.05, 0) is 18.4 Å². The van der Waals surface area contributed by atoms with Gasteiger partial charge in [0.25, 0.3) is 0 Å². The highest BCUT2D eigenvalue weighted by atomic mass is 32.2. The van der Waals surface area contributed by atoms with E-state index in [0.717, 1.165) is 5.56 Å². The van der Waals surface area contributed by atoms with E-state index in [1.807, 2.05) is 30.3 Å². The highest BCUT2D eigenvalue weighted by molar-refractivity contribution is 7.87. The van der Waals surface area contributed by atoms with Gasteiger partial charge in [0.05, 0.1) is 18.0 Å². The van der Waals surface area contributed by atoms with E-state index in [9.17, 15) is 13.0 Å². The Morgan fingerprint density at radius 3 is 2.38 bits per heavy atom. The molecule has 5 heteroatoms. The van der Waals surface area contributed by atoms with Crippen LogP contribution in [0.25, 0.3) is 0 Å². The normalized spacial score (nSPS) is 18.3. The van der Waals surface area contributed by atoms with Crippen molar-refractivity contribution < 1.29 is 17.7 Å². The molecule has 1 aliphatic rings. The highest BCUT2D eigenvalue weighted by Gasteiger charge is 2.49. The average molecular weight is 241 g/mol. The predicted octanol–water partition coefficient (Wildman–Crippen LogP) is 1.28. The smallest absolute Gasteiger partial charge is 0.103 e. The number of benzene rings is 1. The molecule has 1 aromatic rings. The Kier molecular flexibility index (Phi) is 3.01. The molecule has 1 aromatic carbocycles. The quantitative estimate of drug-likeness (QED) is 0.728. The highest BCUT2D eigenvalue weighted by Crippen LogP contribution is 2.43. The van der Waals surface area contributed by atoms with Crippen molar-refractivity contribution in [2.24, 2.45) is 0 Å². The Labute approximate surface area is 95.0 Å². The first-order valence-electron chi connectivity index (χ1n) is 5.11. The molecule has 0 N–H and O–H groups in total. The first-order chi connectivity index (χ1) is 7.54. The summed E-state index contributed by atoms with van der Waals surface area (Å²) in [5.41, 5.74) is 0.974. The van der Waals surface area contributed by atoms with Crippen LogP contribution in [0.3, 0.4) is 0 Å². The molecule has 88 valence electrons. The second kappa shape index (κ2) is 4.16. The lowest BCUT2D eigenvalue weighted by Crippen LogP contribution is -2.28. The van der Waals surface area contributed by atoms with Crippen LogP contribution in [0.15, 0.2) is 30.3 Å². The van der Waals surface area contributed by atoms with Gasteiger partial charge in [0.15, 0.2) is 0 Å². The standard InChI is InChI=1S/C11H14O4S/c12-16(13,14)11(6-7-11)9-15-8-10-4-2-1-3-5-10/h1-5H,6-9H2,(H,12,13,14)/p-1. The minimum atomic E-state index is -4.22. The molecule has 0 bridgehead atoms. The fourth-order valence-electron chi connectivity index (χ4n) is 1.54. The van der Waals surface area contributed by atoms with Gasteiger partial charge in [-0.2, -0.15) is 0 Å². The average Bonchev–Trinajstić information content (AvgIpc) is 3.00. The van der Waals surface area contributed by atoms with Crippen LogP contribution < -0.4 is 0 Å². The zero-order valence-electron chi connectivity index (χ0n) is 8.76. The van der Waals surface area contributed by atoms with E-state index in [-0.39, 0.29) is 6.61 Å². The molecular weight excluding hydrogens is 228 g/mol. The van der Waals surface area contributed by atoms with Crippen LogP contribution in [0.1, 0.15) is 18.4 Å². The van der Waals surface area contributed by atoms with Crippen LogP contribution in [-0.4, -0.2) is 24.3 Å².